The van der Waals surface area contributed by atoms with Crippen LogP contribution in [0.15, 0.2) is 61.7 Å². The van der Waals surface area contributed by atoms with Crippen molar-refractivity contribution in [1.82, 2.24) is 0 Å². The summed E-state index contributed by atoms with van der Waals surface area (Å²) >= 11 is 0. The summed E-state index contributed by atoms with van der Waals surface area (Å²) in [5, 5.41) is 10.1. The molecule has 0 fully saturated rings. The lowest BCUT2D eigenvalue weighted by molar-refractivity contribution is -0.134. The predicted octanol–water partition coefficient (Wildman–Crippen LogP) is 8.34. The number of esters is 1. The number of aromatic hydroxyl groups is 1. The second-order valence-electron chi connectivity index (χ2n) is 8.71. The van der Waals surface area contributed by atoms with Gasteiger partial charge in [-0.15, -0.1) is 13.2 Å². The average Bonchev–Trinajstić information content (AvgIpc) is 2.81. The quantitative estimate of drug-likeness (QED) is 0.121. The third-order valence-electron chi connectivity index (χ3n) is 5.89. The van der Waals surface area contributed by atoms with Crippen LogP contribution in [0.3, 0.4) is 0 Å². The molecule has 0 saturated carbocycles. The Bertz CT molecular complexity index is 897. The number of allylic oxidation sites excluding steroid dienone is 2. The van der Waals surface area contributed by atoms with E-state index in [0.29, 0.717) is 18.6 Å². The molecule has 0 atom stereocenters. The minimum absolute atomic E-state index is 0.194. The van der Waals surface area contributed by atoms with Gasteiger partial charge in [0.25, 0.3) is 0 Å². The molecule has 0 spiro atoms. The summed E-state index contributed by atoms with van der Waals surface area (Å²) in [4.78, 5) is 12.5. The fraction of sp³-hybridized carbons (Fsp3) is 0.433. The first-order valence-corrected chi connectivity index (χ1v) is 12.5. The Labute approximate surface area is 200 Å². The van der Waals surface area contributed by atoms with Crippen LogP contribution in [0.1, 0.15) is 82.3 Å². The van der Waals surface area contributed by atoms with Crippen LogP contribution >= 0.6 is 0 Å². The molecule has 0 aliphatic rings. The van der Waals surface area contributed by atoms with Crippen molar-refractivity contribution >= 4 is 5.97 Å². The second-order valence-corrected chi connectivity index (χ2v) is 8.71. The van der Waals surface area contributed by atoms with E-state index in [-0.39, 0.29) is 11.7 Å². The second kappa shape index (κ2) is 15.1. The lowest BCUT2D eigenvalue weighted by Crippen LogP contribution is -2.08. The smallest absolute Gasteiger partial charge is 0.311 e. The fourth-order valence-electron chi connectivity index (χ4n) is 4.01. The predicted molar refractivity (Wildman–Crippen MR) is 139 cm³/mol. The van der Waals surface area contributed by atoms with Gasteiger partial charge in [0.1, 0.15) is 11.5 Å². The number of carbonyl (C=O) groups is 1. The summed E-state index contributed by atoms with van der Waals surface area (Å²) in [6.07, 6.45) is 16.3. The maximum Gasteiger partial charge on any atom is 0.311 e. The van der Waals surface area contributed by atoms with Crippen molar-refractivity contribution in [1.29, 1.82) is 0 Å². The Kier molecular flexibility index (Phi) is 12.1. The first-order valence-electron chi connectivity index (χ1n) is 12.5. The van der Waals surface area contributed by atoms with Gasteiger partial charge in [-0.05, 0) is 60.2 Å². The number of carbonyl (C=O) groups excluding carboxylic acids is 1. The van der Waals surface area contributed by atoms with Crippen LogP contribution in [0.5, 0.6) is 11.5 Å². The summed E-state index contributed by atoms with van der Waals surface area (Å²) in [6.45, 7) is 9.83. The van der Waals surface area contributed by atoms with Crippen LogP contribution in [0.25, 0.3) is 11.1 Å². The van der Waals surface area contributed by atoms with Crippen LogP contribution < -0.4 is 4.74 Å². The van der Waals surface area contributed by atoms with E-state index in [2.05, 4.69) is 20.1 Å². The molecule has 0 heterocycles. The van der Waals surface area contributed by atoms with E-state index in [1.54, 1.807) is 12.1 Å². The molecular weight excluding hydrogens is 408 g/mol. The van der Waals surface area contributed by atoms with E-state index in [1.165, 1.54) is 44.9 Å². The van der Waals surface area contributed by atoms with Crippen molar-refractivity contribution in [3.8, 4) is 22.6 Å². The van der Waals surface area contributed by atoms with Gasteiger partial charge >= 0.3 is 5.97 Å². The van der Waals surface area contributed by atoms with E-state index in [0.717, 1.165) is 41.5 Å². The number of phenolic OH excluding ortho intramolecular Hbond substituents is 1. The average molecular weight is 449 g/mol. The van der Waals surface area contributed by atoms with Gasteiger partial charge < -0.3 is 9.84 Å². The van der Waals surface area contributed by atoms with E-state index in [1.807, 2.05) is 36.4 Å². The molecule has 0 radical (unpaired) electrons. The molecule has 3 heteroatoms. The highest BCUT2D eigenvalue weighted by Crippen LogP contribution is 2.34. The largest absolute Gasteiger partial charge is 0.508 e. The molecule has 178 valence electrons. The number of unbranched alkanes of at least 4 members (excludes halogenated alkanes) is 8. The molecule has 33 heavy (non-hydrogen) atoms. The molecule has 0 aromatic heterocycles. The number of benzene rings is 2. The molecule has 0 aliphatic carbocycles. The molecule has 2 aromatic rings. The third kappa shape index (κ3) is 9.29. The van der Waals surface area contributed by atoms with Gasteiger partial charge in [0.15, 0.2) is 0 Å². The molecule has 3 nitrogen and oxygen atoms in total. The molecule has 0 bridgehead atoms. The normalized spacial score (nSPS) is 10.7. The number of ether oxygens (including phenoxy) is 1. The highest BCUT2D eigenvalue weighted by molar-refractivity contribution is 5.79. The Hall–Kier alpha value is -2.81. The molecular formula is C30H40O3. The first kappa shape index (κ1) is 26.4. The summed E-state index contributed by atoms with van der Waals surface area (Å²) < 4.78 is 5.79. The SMILES string of the molecule is C=CCc1ccc(OC(=O)CCCCCCCCCCC)c(-c2ccc(O)c(CC=C)c2)c1. The molecule has 2 rings (SSSR count). The van der Waals surface area contributed by atoms with Gasteiger partial charge in [0.05, 0.1) is 0 Å². The van der Waals surface area contributed by atoms with Crippen molar-refractivity contribution in [3.05, 3.63) is 72.8 Å². The molecule has 0 unspecified atom stereocenters. The Morgan fingerprint density at radius 1 is 0.879 bits per heavy atom. The number of rotatable bonds is 16. The Morgan fingerprint density at radius 3 is 2.21 bits per heavy atom. The highest BCUT2D eigenvalue weighted by Gasteiger charge is 2.13. The van der Waals surface area contributed by atoms with Gasteiger partial charge in [-0.1, -0.05) is 82.6 Å². The van der Waals surface area contributed by atoms with E-state index >= 15 is 0 Å². The Balaban J connectivity index is 1.99. The van der Waals surface area contributed by atoms with Gasteiger partial charge in [0.2, 0.25) is 0 Å². The summed E-state index contributed by atoms with van der Waals surface area (Å²) in [5.74, 6) is 0.601. The molecule has 1 N–H and O–H groups in total. The standard InChI is InChI=1S/C30H40O3/c1-4-7-8-9-10-11-12-13-14-17-30(32)33-29-21-18-24(15-5-2)22-27(29)25-19-20-28(31)26(23-25)16-6-3/h5-6,18-23,31H,2-4,7-17H2,1H3. The van der Waals surface area contributed by atoms with Crippen LogP contribution in [0.2, 0.25) is 0 Å². The zero-order valence-corrected chi connectivity index (χ0v) is 20.3. The van der Waals surface area contributed by atoms with Gasteiger partial charge in [-0.3, -0.25) is 4.79 Å². The molecule has 0 amide bonds. The minimum atomic E-state index is -0.194. The van der Waals surface area contributed by atoms with E-state index in [4.69, 9.17) is 4.74 Å². The van der Waals surface area contributed by atoms with Crippen LogP contribution in [0.4, 0.5) is 0 Å². The summed E-state index contributed by atoms with van der Waals surface area (Å²) in [6, 6.07) is 11.3. The van der Waals surface area contributed by atoms with Gasteiger partial charge in [-0.2, -0.15) is 0 Å². The minimum Gasteiger partial charge on any atom is -0.508 e. The zero-order valence-electron chi connectivity index (χ0n) is 20.3. The fourth-order valence-corrected chi connectivity index (χ4v) is 4.01. The Morgan fingerprint density at radius 2 is 1.55 bits per heavy atom. The zero-order chi connectivity index (χ0) is 23.9. The van der Waals surface area contributed by atoms with Crippen molar-refractivity contribution < 1.29 is 14.6 Å². The van der Waals surface area contributed by atoms with Gasteiger partial charge in [0, 0.05) is 12.0 Å². The summed E-state index contributed by atoms with van der Waals surface area (Å²) in [7, 11) is 0. The summed E-state index contributed by atoms with van der Waals surface area (Å²) in [5.41, 5.74) is 3.64. The van der Waals surface area contributed by atoms with Gasteiger partial charge in [-0.25, -0.2) is 0 Å². The van der Waals surface area contributed by atoms with Crippen molar-refractivity contribution in [3.63, 3.8) is 0 Å². The van der Waals surface area contributed by atoms with Crippen molar-refractivity contribution in [2.24, 2.45) is 0 Å². The monoisotopic (exact) mass is 448 g/mol. The highest BCUT2D eigenvalue weighted by atomic mass is 16.5. The van der Waals surface area contributed by atoms with E-state index < -0.39 is 0 Å². The van der Waals surface area contributed by atoms with Crippen molar-refractivity contribution in [2.45, 2.75) is 84.0 Å². The topological polar surface area (TPSA) is 46.5 Å². The van der Waals surface area contributed by atoms with E-state index in [9.17, 15) is 9.90 Å². The first-order chi connectivity index (χ1) is 16.1. The third-order valence-corrected chi connectivity index (χ3v) is 5.89. The van der Waals surface area contributed by atoms with Crippen molar-refractivity contribution in [2.75, 3.05) is 0 Å². The maximum atomic E-state index is 12.5. The lowest BCUT2D eigenvalue weighted by atomic mass is 9.97. The van der Waals surface area contributed by atoms with Crippen LogP contribution in [-0.2, 0) is 17.6 Å². The molecule has 2 aromatic carbocycles. The van der Waals surface area contributed by atoms with Crippen LogP contribution in [0, 0.1) is 0 Å². The molecule has 0 aliphatic heterocycles. The lowest BCUT2D eigenvalue weighted by Gasteiger charge is -2.14. The number of hydrogen-bond donors (Lipinski definition) is 1. The number of phenols is 1. The molecule has 0 saturated heterocycles. The maximum absolute atomic E-state index is 12.5. The van der Waals surface area contributed by atoms with Crippen LogP contribution in [-0.4, -0.2) is 11.1 Å². The number of hydrogen-bond acceptors (Lipinski definition) is 3.